The van der Waals surface area contributed by atoms with E-state index in [1.165, 1.54) is 5.39 Å². The fraction of sp³-hybridized carbons (Fsp3) is 0.154. The van der Waals surface area contributed by atoms with Gasteiger partial charge in [-0.25, -0.2) is 4.79 Å². The number of carbonyl (C=O) groups excluding carboxylic acids is 1. The first-order valence-electron chi connectivity index (χ1n) is 4.87. The van der Waals surface area contributed by atoms with Gasteiger partial charge in [-0.05, 0) is 23.3 Å². The normalized spacial score (nSPS) is 12.1. The number of aliphatic imine (C=N–C) groups is 1. The first-order valence-corrected chi connectivity index (χ1v) is 4.87. The third kappa shape index (κ3) is 1.80. The molecule has 0 aliphatic rings. The van der Waals surface area contributed by atoms with Crippen molar-refractivity contribution >= 4 is 16.9 Å². The van der Waals surface area contributed by atoms with Crippen molar-refractivity contribution in [2.75, 3.05) is 0 Å². The Balaban J connectivity index is 2.65. The number of rotatable bonds is 2. The monoisotopic (exact) mass is 197 g/mol. The van der Waals surface area contributed by atoms with Crippen LogP contribution in [0.1, 0.15) is 18.5 Å². The fourth-order valence-corrected chi connectivity index (χ4v) is 1.76. The van der Waals surface area contributed by atoms with Crippen molar-refractivity contribution in [3.63, 3.8) is 0 Å². The molecule has 0 amide bonds. The van der Waals surface area contributed by atoms with Crippen LogP contribution >= 0.6 is 0 Å². The maximum atomic E-state index is 10.2. The minimum absolute atomic E-state index is 0.131. The van der Waals surface area contributed by atoms with Crippen LogP contribution in [0, 0.1) is 0 Å². The van der Waals surface area contributed by atoms with E-state index in [0.29, 0.717) is 0 Å². The summed E-state index contributed by atoms with van der Waals surface area (Å²) in [5, 5.41) is 2.31. The number of fused-ring (bicyclic) bond motifs is 1. The Kier molecular flexibility index (Phi) is 2.61. The first-order chi connectivity index (χ1) is 7.33. The zero-order chi connectivity index (χ0) is 10.7. The molecule has 0 bridgehead atoms. The van der Waals surface area contributed by atoms with E-state index in [2.05, 4.69) is 17.1 Å². The number of hydrogen-bond acceptors (Lipinski definition) is 2. The molecule has 0 heterocycles. The Bertz CT molecular complexity index is 522. The van der Waals surface area contributed by atoms with Gasteiger partial charge in [-0.1, -0.05) is 42.5 Å². The van der Waals surface area contributed by atoms with E-state index in [-0.39, 0.29) is 6.04 Å². The topological polar surface area (TPSA) is 29.4 Å². The number of nitrogens with zero attached hydrogens (tertiary/aromatic N) is 1. The molecule has 74 valence electrons. The van der Waals surface area contributed by atoms with Gasteiger partial charge < -0.3 is 0 Å². The smallest absolute Gasteiger partial charge is 0.211 e. The van der Waals surface area contributed by atoms with Crippen molar-refractivity contribution in [2.45, 2.75) is 13.0 Å². The molecule has 0 fully saturated rings. The van der Waals surface area contributed by atoms with Gasteiger partial charge in [0.05, 0.1) is 6.04 Å². The van der Waals surface area contributed by atoms with Crippen LogP contribution in [0.2, 0.25) is 0 Å². The van der Waals surface area contributed by atoms with Crippen LogP contribution in [0.15, 0.2) is 47.5 Å². The molecule has 0 spiro atoms. The van der Waals surface area contributed by atoms with E-state index in [4.69, 9.17) is 0 Å². The summed E-state index contributed by atoms with van der Waals surface area (Å²) in [6.07, 6.45) is 1.61. The van der Waals surface area contributed by atoms with Gasteiger partial charge in [0.25, 0.3) is 0 Å². The summed E-state index contributed by atoms with van der Waals surface area (Å²) in [5.74, 6) is 0. The highest BCUT2D eigenvalue weighted by Crippen LogP contribution is 2.25. The Morgan fingerprint density at radius 2 is 1.87 bits per heavy atom. The Morgan fingerprint density at radius 1 is 1.13 bits per heavy atom. The summed E-state index contributed by atoms with van der Waals surface area (Å²) in [6.45, 7) is 1.90. The van der Waals surface area contributed by atoms with Crippen LogP contribution < -0.4 is 0 Å². The van der Waals surface area contributed by atoms with Crippen molar-refractivity contribution in [3.8, 4) is 0 Å². The Hall–Kier alpha value is -1.92. The molecule has 2 rings (SSSR count). The van der Waals surface area contributed by atoms with Gasteiger partial charge >= 0.3 is 0 Å². The van der Waals surface area contributed by atoms with Gasteiger partial charge in [0.1, 0.15) is 0 Å². The Morgan fingerprint density at radius 3 is 2.67 bits per heavy atom. The van der Waals surface area contributed by atoms with Gasteiger partial charge in [-0.2, -0.15) is 4.99 Å². The number of isocyanates is 1. The lowest BCUT2D eigenvalue weighted by molar-refractivity contribution is 0.559. The molecule has 0 radical (unpaired) electrons. The summed E-state index contributed by atoms with van der Waals surface area (Å²) in [7, 11) is 0. The van der Waals surface area contributed by atoms with E-state index >= 15 is 0 Å². The van der Waals surface area contributed by atoms with Crippen molar-refractivity contribution in [3.05, 3.63) is 48.0 Å². The summed E-state index contributed by atoms with van der Waals surface area (Å²) in [4.78, 5) is 14.0. The van der Waals surface area contributed by atoms with Crippen molar-refractivity contribution in [1.29, 1.82) is 0 Å². The highest BCUT2D eigenvalue weighted by atomic mass is 16.1. The molecule has 0 unspecified atom stereocenters. The molecule has 2 heteroatoms. The lowest BCUT2D eigenvalue weighted by atomic mass is 10.0. The fourth-order valence-electron chi connectivity index (χ4n) is 1.76. The molecule has 0 aliphatic heterocycles. The zero-order valence-electron chi connectivity index (χ0n) is 8.47. The quantitative estimate of drug-likeness (QED) is 0.536. The molecule has 0 aromatic heterocycles. The van der Waals surface area contributed by atoms with Gasteiger partial charge in [0, 0.05) is 0 Å². The standard InChI is InChI=1S/C13H11NO/c1-10(14-9-15)12-8-4-6-11-5-2-3-7-13(11)12/h2-8,10H,1H3/t10-/m0/s1. The van der Waals surface area contributed by atoms with Crippen molar-refractivity contribution in [2.24, 2.45) is 4.99 Å². The van der Waals surface area contributed by atoms with Crippen LogP contribution in [0.3, 0.4) is 0 Å². The SMILES string of the molecule is C[C@H](N=C=O)c1cccc2ccccc12. The average molecular weight is 197 g/mol. The first kappa shape index (κ1) is 9.63. The van der Waals surface area contributed by atoms with Crippen molar-refractivity contribution < 1.29 is 4.79 Å². The molecular weight excluding hydrogens is 186 g/mol. The predicted molar refractivity (Wildman–Crippen MR) is 60.5 cm³/mol. The average Bonchev–Trinajstić information content (AvgIpc) is 2.28. The molecule has 0 saturated heterocycles. The van der Waals surface area contributed by atoms with E-state index in [0.717, 1.165) is 10.9 Å². The molecular formula is C13H11NO. The number of hydrogen-bond donors (Lipinski definition) is 0. The molecule has 15 heavy (non-hydrogen) atoms. The molecule has 2 aromatic rings. The highest BCUT2D eigenvalue weighted by molar-refractivity contribution is 5.86. The lowest BCUT2D eigenvalue weighted by Gasteiger charge is -2.08. The van der Waals surface area contributed by atoms with Crippen LogP contribution in [0.25, 0.3) is 10.8 Å². The highest BCUT2D eigenvalue weighted by Gasteiger charge is 2.06. The maximum absolute atomic E-state index is 10.2. The lowest BCUT2D eigenvalue weighted by Crippen LogP contribution is -1.90. The van der Waals surface area contributed by atoms with Gasteiger partial charge in [-0.3, -0.25) is 0 Å². The van der Waals surface area contributed by atoms with Crippen LogP contribution in [0.4, 0.5) is 0 Å². The van der Waals surface area contributed by atoms with Gasteiger partial charge in [0.2, 0.25) is 6.08 Å². The second-order valence-electron chi connectivity index (χ2n) is 3.46. The third-order valence-electron chi connectivity index (χ3n) is 2.52. The van der Waals surface area contributed by atoms with E-state index < -0.39 is 0 Å². The summed E-state index contributed by atoms with van der Waals surface area (Å²) < 4.78 is 0. The second kappa shape index (κ2) is 4.07. The molecule has 0 N–H and O–H groups in total. The third-order valence-corrected chi connectivity index (χ3v) is 2.52. The zero-order valence-corrected chi connectivity index (χ0v) is 8.47. The molecule has 2 nitrogen and oxygen atoms in total. The van der Waals surface area contributed by atoms with E-state index in [1.54, 1.807) is 6.08 Å². The van der Waals surface area contributed by atoms with Crippen LogP contribution in [0.5, 0.6) is 0 Å². The summed E-state index contributed by atoms with van der Waals surface area (Å²) in [6, 6.07) is 14.0. The minimum Gasteiger partial charge on any atom is -0.211 e. The van der Waals surface area contributed by atoms with E-state index in [9.17, 15) is 4.79 Å². The van der Waals surface area contributed by atoms with E-state index in [1.807, 2.05) is 37.3 Å². The minimum atomic E-state index is -0.131. The van der Waals surface area contributed by atoms with Crippen LogP contribution in [-0.4, -0.2) is 6.08 Å². The maximum Gasteiger partial charge on any atom is 0.235 e. The summed E-state index contributed by atoms with van der Waals surface area (Å²) >= 11 is 0. The van der Waals surface area contributed by atoms with Crippen LogP contribution in [-0.2, 0) is 4.79 Å². The van der Waals surface area contributed by atoms with Gasteiger partial charge in [-0.15, -0.1) is 0 Å². The molecule has 0 aliphatic carbocycles. The summed E-state index contributed by atoms with van der Waals surface area (Å²) in [5.41, 5.74) is 1.07. The van der Waals surface area contributed by atoms with Gasteiger partial charge in [0.15, 0.2) is 0 Å². The molecule has 1 atom stereocenters. The molecule has 2 aromatic carbocycles. The largest absolute Gasteiger partial charge is 0.235 e. The second-order valence-corrected chi connectivity index (χ2v) is 3.46. The number of benzene rings is 2. The Labute approximate surface area is 88.3 Å². The molecule has 0 saturated carbocycles. The predicted octanol–water partition coefficient (Wildman–Crippen LogP) is 3.24. The van der Waals surface area contributed by atoms with Crippen molar-refractivity contribution in [1.82, 2.24) is 0 Å².